The zero-order valence-electron chi connectivity index (χ0n) is 14.0. The van der Waals surface area contributed by atoms with Crippen LogP contribution in [0.1, 0.15) is 72.6 Å². The molecule has 1 heterocycles. The van der Waals surface area contributed by atoms with E-state index in [0.29, 0.717) is 16.7 Å². The fourth-order valence-electron chi connectivity index (χ4n) is 6.21. The Morgan fingerprint density at radius 2 is 1.65 bits per heavy atom. The van der Waals surface area contributed by atoms with E-state index in [1.165, 1.54) is 38.5 Å². The lowest BCUT2D eigenvalue weighted by Gasteiger charge is -2.64. The highest BCUT2D eigenvalue weighted by molar-refractivity contribution is 5.09. The lowest BCUT2D eigenvalue weighted by molar-refractivity contribution is -0.287. The molecule has 1 aliphatic heterocycles. The molecular weight excluding hydrogens is 248 g/mol. The summed E-state index contributed by atoms with van der Waals surface area (Å²) in [4.78, 5) is 0. The molecule has 3 rings (SSSR count). The fraction of sp³-hybridized carbons (Fsp3) is 1.00. The lowest BCUT2D eigenvalue weighted by atomic mass is 9.45. The SMILES string of the molecule is CO[C@@H]1CC[C@@H]2[C@@]3(C)CCCC(C)(C)[C@@H]3CC[C@@]2(C)O1. The molecule has 116 valence electrons. The van der Waals surface area contributed by atoms with E-state index in [9.17, 15) is 0 Å². The Labute approximate surface area is 124 Å². The molecule has 2 nitrogen and oxygen atoms in total. The summed E-state index contributed by atoms with van der Waals surface area (Å²) in [5, 5.41) is 0. The monoisotopic (exact) mass is 280 g/mol. The van der Waals surface area contributed by atoms with Gasteiger partial charge in [0, 0.05) is 7.11 Å². The number of rotatable bonds is 1. The molecule has 3 aliphatic rings. The third-order valence-electron chi connectivity index (χ3n) is 7.09. The van der Waals surface area contributed by atoms with Crippen molar-refractivity contribution in [3.8, 4) is 0 Å². The van der Waals surface area contributed by atoms with Crippen molar-refractivity contribution in [3.63, 3.8) is 0 Å². The van der Waals surface area contributed by atoms with Crippen LogP contribution < -0.4 is 0 Å². The van der Waals surface area contributed by atoms with E-state index in [2.05, 4.69) is 27.7 Å². The van der Waals surface area contributed by atoms with Crippen LogP contribution in [0, 0.1) is 22.7 Å². The van der Waals surface area contributed by atoms with E-state index in [0.717, 1.165) is 12.3 Å². The molecule has 5 atom stereocenters. The zero-order valence-corrected chi connectivity index (χ0v) is 14.0. The van der Waals surface area contributed by atoms with Crippen molar-refractivity contribution >= 4 is 0 Å². The number of hydrogen-bond donors (Lipinski definition) is 0. The molecule has 0 N–H and O–H groups in total. The van der Waals surface area contributed by atoms with Gasteiger partial charge < -0.3 is 9.47 Å². The minimum atomic E-state index is 0.0213. The van der Waals surface area contributed by atoms with Crippen LogP contribution in [0.2, 0.25) is 0 Å². The van der Waals surface area contributed by atoms with Crippen LogP contribution in [0.15, 0.2) is 0 Å². The molecule has 3 fully saturated rings. The van der Waals surface area contributed by atoms with Crippen LogP contribution in [-0.4, -0.2) is 19.0 Å². The first-order chi connectivity index (χ1) is 9.32. The molecule has 0 aromatic carbocycles. The Morgan fingerprint density at radius 1 is 0.900 bits per heavy atom. The van der Waals surface area contributed by atoms with Crippen molar-refractivity contribution in [2.75, 3.05) is 7.11 Å². The summed E-state index contributed by atoms with van der Waals surface area (Å²) in [6.07, 6.45) is 9.08. The van der Waals surface area contributed by atoms with Gasteiger partial charge in [0.15, 0.2) is 6.29 Å². The van der Waals surface area contributed by atoms with Crippen molar-refractivity contribution in [2.45, 2.75) is 84.5 Å². The van der Waals surface area contributed by atoms with E-state index < -0.39 is 0 Å². The van der Waals surface area contributed by atoms with Gasteiger partial charge in [0.2, 0.25) is 0 Å². The van der Waals surface area contributed by atoms with Gasteiger partial charge in [0.1, 0.15) is 0 Å². The molecule has 2 heteroatoms. The minimum absolute atomic E-state index is 0.0213. The molecule has 2 saturated carbocycles. The second-order valence-corrected chi connectivity index (χ2v) is 8.66. The zero-order chi connectivity index (χ0) is 14.6. The predicted molar refractivity (Wildman–Crippen MR) is 81.5 cm³/mol. The third kappa shape index (κ3) is 2.06. The van der Waals surface area contributed by atoms with Gasteiger partial charge in [0.05, 0.1) is 5.60 Å². The Bertz CT molecular complexity index is 378. The van der Waals surface area contributed by atoms with Crippen LogP contribution in [0.5, 0.6) is 0 Å². The number of fused-ring (bicyclic) bond motifs is 3. The number of ether oxygens (including phenoxy) is 2. The van der Waals surface area contributed by atoms with Crippen molar-refractivity contribution in [3.05, 3.63) is 0 Å². The fourth-order valence-corrected chi connectivity index (χ4v) is 6.21. The van der Waals surface area contributed by atoms with Crippen LogP contribution in [-0.2, 0) is 9.47 Å². The summed E-state index contributed by atoms with van der Waals surface area (Å²) in [5.74, 6) is 1.57. The second-order valence-electron chi connectivity index (χ2n) is 8.66. The van der Waals surface area contributed by atoms with Gasteiger partial charge in [-0.3, -0.25) is 0 Å². The molecule has 0 radical (unpaired) electrons. The first-order valence-corrected chi connectivity index (χ1v) is 8.52. The van der Waals surface area contributed by atoms with Crippen molar-refractivity contribution in [1.82, 2.24) is 0 Å². The maximum atomic E-state index is 6.39. The summed E-state index contributed by atoms with van der Waals surface area (Å²) < 4.78 is 11.9. The van der Waals surface area contributed by atoms with E-state index in [-0.39, 0.29) is 11.9 Å². The van der Waals surface area contributed by atoms with E-state index >= 15 is 0 Å². The first-order valence-electron chi connectivity index (χ1n) is 8.52. The molecule has 0 amide bonds. The molecule has 1 saturated heterocycles. The summed E-state index contributed by atoms with van der Waals surface area (Å²) >= 11 is 0. The molecule has 0 aromatic heterocycles. The Balaban J connectivity index is 1.91. The van der Waals surface area contributed by atoms with Gasteiger partial charge in [-0.2, -0.15) is 0 Å². The molecular formula is C18H32O2. The highest BCUT2D eigenvalue weighted by atomic mass is 16.7. The largest absolute Gasteiger partial charge is 0.356 e. The van der Waals surface area contributed by atoms with Crippen molar-refractivity contribution in [1.29, 1.82) is 0 Å². The Kier molecular flexibility index (Phi) is 3.49. The van der Waals surface area contributed by atoms with Crippen LogP contribution in [0.3, 0.4) is 0 Å². The normalized spacial score (nSPS) is 51.1. The predicted octanol–water partition coefficient (Wildman–Crippen LogP) is 4.77. The maximum absolute atomic E-state index is 6.39. The van der Waals surface area contributed by atoms with Gasteiger partial charge in [-0.05, 0) is 68.1 Å². The smallest absolute Gasteiger partial charge is 0.157 e. The lowest BCUT2D eigenvalue weighted by Crippen LogP contribution is -2.61. The van der Waals surface area contributed by atoms with E-state index in [1.54, 1.807) is 7.11 Å². The number of hydrogen-bond acceptors (Lipinski definition) is 2. The molecule has 0 spiro atoms. The van der Waals surface area contributed by atoms with Crippen LogP contribution in [0.25, 0.3) is 0 Å². The third-order valence-corrected chi connectivity index (χ3v) is 7.09. The quantitative estimate of drug-likeness (QED) is 0.689. The summed E-state index contributed by atoms with van der Waals surface area (Å²) in [7, 11) is 1.78. The summed E-state index contributed by atoms with van der Waals surface area (Å²) in [6.45, 7) is 9.92. The van der Waals surface area contributed by atoms with Crippen molar-refractivity contribution < 1.29 is 9.47 Å². The van der Waals surface area contributed by atoms with E-state index in [4.69, 9.17) is 9.47 Å². The average molecular weight is 280 g/mol. The van der Waals surface area contributed by atoms with Gasteiger partial charge in [-0.1, -0.05) is 27.2 Å². The standard InChI is InChI=1S/C18H32O2/c1-16(2)10-6-11-17(3)13(16)9-12-18(4)14(17)7-8-15(19-5)20-18/h13-15H,6-12H2,1-5H3/t13-,14+,15-,17-,18+/m0/s1. The second kappa shape index (κ2) is 4.71. The molecule has 0 aromatic rings. The highest BCUT2D eigenvalue weighted by Gasteiger charge is 2.60. The van der Waals surface area contributed by atoms with Crippen LogP contribution in [0.4, 0.5) is 0 Å². The maximum Gasteiger partial charge on any atom is 0.157 e. The molecule has 0 bridgehead atoms. The molecule has 0 unspecified atom stereocenters. The Morgan fingerprint density at radius 3 is 2.35 bits per heavy atom. The Hall–Kier alpha value is -0.0800. The van der Waals surface area contributed by atoms with Gasteiger partial charge in [-0.25, -0.2) is 0 Å². The van der Waals surface area contributed by atoms with E-state index in [1.807, 2.05) is 0 Å². The van der Waals surface area contributed by atoms with Gasteiger partial charge in [-0.15, -0.1) is 0 Å². The minimum Gasteiger partial charge on any atom is -0.356 e. The first kappa shape index (κ1) is 14.8. The number of methoxy groups -OCH3 is 1. The topological polar surface area (TPSA) is 18.5 Å². The van der Waals surface area contributed by atoms with Gasteiger partial charge in [0.25, 0.3) is 0 Å². The highest BCUT2D eigenvalue weighted by Crippen LogP contribution is 2.64. The summed E-state index contributed by atoms with van der Waals surface area (Å²) in [5.41, 5.74) is 1.01. The average Bonchev–Trinajstić information content (AvgIpc) is 2.36. The summed E-state index contributed by atoms with van der Waals surface area (Å²) in [6, 6.07) is 0. The van der Waals surface area contributed by atoms with Gasteiger partial charge >= 0.3 is 0 Å². The molecule has 2 aliphatic carbocycles. The van der Waals surface area contributed by atoms with Crippen LogP contribution >= 0.6 is 0 Å². The molecule has 20 heavy (non-hydrogen) atoms. The van der Waals surface area contributed by atoms with Crippen molar-refractivity contribution in [2.24, 2.45) is 22.7 Å².